The van der Waals surface area contributed by atoms with Crippen LogP contribution in [-0.2, 0) is 26.8 Å². The molecule has 0 heterocycles. The van der Waals surface area contributed by atoms with E-state index in [2.05, 4.69) is 27.7 Å². The molecule has 0 amide bonds. The zero-order valence-electron chi connectivity index (χ0n) is 30.2. The third-order valence-electron chi connectivity index (χ3n) is 9.18. The summed E-state index contributed by atoms with van der Waals surface area (Å²) in [6, 6.07) is 37.1. The van der Waals surface area contributed by atoms with Crippen molar-refractivity contribution in [3.8, 4) is 23.0 Å². The Morgan fingerprint density at radius 3 is 1.39 bits per heavy atom. The van der Waals surface area contributed by atoms with Crippen molar-refractivity contribution in [3.63, 3.8) is 0 Å². The van der Waals surface area contributed by atoms with Gasteiger partial charge >= 0.3 is 17.9 Å². The van der Waals surface area contributed by atoms with Gasteiger partial charge in [-0.1, -0.05) is 102 Å². The van der Waals surface area contributed by atoms with Gasteiger partial charge in [-0.25, -0.2) is 4.79 Å². The molecule has 0 saturated carbocycles. The van der Waals surface area contributed by atoms with Crippen molar-refractivity contribution in [1.82, 2.24) is 0 Å². The highest BCUT2D eigenvalue weighted by molar-refractivity contribution is 5.91. The zero-order valence-corrected chi connectivity index (χ0v) is 30.2. The Morgan fingerprint density at radius 1 is 0.549 bits per heavy atom. The van der Waals surface area contributed by atoms with Crippen molar-refractivity contribution >= 4 is 17.9 Å². The maximum atomic E-state index is 13.1. The van der Waals surface area contributed by atoms with E-state index < -0.39 is 11.9 Å². The van der Waals surface area contributed by atoms with Crippen LogP contribution in [0.4, 0.5) is 0 Å². The molecule has 0 aliphatic rings. The molecule has 0 aromatic heterocycles. The minimum absolute atomic E-state index is 0.00880. The van der Waals surface area contributed by atoms with Gasteiger partial charge in [0.1, 0.15) is 23.0 Å². The minimum atomic E-state index is -0.529. The molecule has 51 heavy (non-hydrogen) atoms. The lowest BCUT2D eigenvalue weighted by molar-refractivity contribution is -0.137. The summed E-state index contributed by atoms with van der Waals surface area (Å²) >= 11 is 0. The number of methoxy groups -OCH3 is 1. The normalized spacial score (nSPS) is 11.5. The zero-order chi connectivity index (χ0) is 36.8. The van der Waals surface area contributed by atoms with E-state index in [0.717, 1.165) is 28.0 Å². The lowest BCUT2D eigenvalue weighted by atomic mass is 9.78. The first kappa shape index (κ1) is 36.6. The van der Waals surface area contributed by atoms with E-state index in [4.69, 9.17) is 18.9 Å². The smallest absolute Gasteiger partial charge is 0.343 e. The number of hydrogen-bond acceptors (Lipinski definition) is 7. The summed E-state index contributed by atoms with van der Waals surface area (Å²) in [7, 11) is 1.65. The number of carbonyl (C=O) groups excluding carboxylic acids is 3. The quantitative estimate of drug-likeness (QED) is 0.0956. The monoisotopic (exact) mass is 684 g/mol. The van der Waals surface area contributed by atoms with Gasteiger partial charge in [-0.3, -0.25) is 9.59 Å². The Kier molecular flexibility index (Phi) is 11.1. The molecule has 0 aliphatic carbocycles. The van der Waals surface area contributed by atoms with Gasteiger partial charge in [0, 0.05) is 10.8 Å². The molecule has 5 aromatic carbocycles. The van der Waals surface area contributed by atoms with Crippen molar-refractivity contribution in [3.05, 3.63) is 155 Å². The Morgan fingerprint density at radius 2 is 0.961 bits per heavy atom. The molecule has 0 aliphatic heterocycles. The van der Waals surface area contributed by atoms with Crippen molar-refractivity contribution in [2.24, 2.45) is 5.92 Å². The Bertz CT molecular complexity index is 1970. The number of carbonyl (C=O) groups is 3. The molecular weight excluding hydrogens is 640 g/mol. The van der Waals surface area contributed by atoms with Gasteiger partial charge in [0.05, 0.1) is 25.0 Å². The summed E-state index contributed by atoms with van der Waals surface area (Å²) in [6.07, 6.45) is -0.00880. The van der Waals surface area contributed by atoms with E-state index in [1.165, 1.54) is 0 Å². The van der Waals surface area contributed by atoms with E-state index in [1.807, 2.05) is 60.7 Å². The molecule has 5 aromatic rings. The van der Waals surface area contributed by atoms with Gasteiger partial charge in [-0.05, 0) is 88.5 Å². The molecule has 7 heteroatoms. The third kappa shape index (κ3) is 8.92. The SMILES string of the molecule is COc1ccc(C(C)(C)c2ccc(OC(=O)Cc3cccc(C(=O)Oc4ccc(C(C)(C)c5ccc(OC(=O)C(C)C)cc5)cc4)c3)cc2)cc1. The highest BCUT2D eigenvalue weighted by Crippen LogP contribution is 2.35. The standard InChI is InChI=1S/C44H44O7/c1-29(2)41(46)50-38-23-15-34(16-24-38)44(5,6)35-17-25-39(26-18-35)51-42(47)31-10-8-9-30(27-31)28-40(45)49-37-21-13-33(14-22-37)43(3,4)32-11-19-36(48-7)20-12-32/h8-27,29H,28H2,1-7H3. The van der Waals surface area contributed by atoms with Gasteiger partial charge in [0.25, 0.3) is 0 Å². The fourth-order valence-electron chi connectivity index (χ4n) is 5.70. The first-order valence-electron chi connectivity index (χ1n) is 17.0. The second kappa shape index (κ2) is 15.5. The number of esters is 3. The van der Waals surface area contributed by atoms with E-state index in [0.29, 0.717) is 28.4 Å². The van der Waals surface area contributed by atoms with Crippen LogP contribution in [0.5, 0.6) is 23.0 Å². The van der Waals surface area contributed by atoms with E-state index in [9.17, 15) is 14.4 Å². The molecule has 0 fully saturated rings. The summed E-state index contributed by atoms with van der Waals surface area (Å²) in [6.45, 7) is 12.1. The number of benzene rings is 5. The topological polar surface area (TPSA) is 88.1 Å². The molecule has 0 unspecified atom stereocenters. The van der Waals surface area contributed by atoms with E-state index in [1.54, 1.807) is 81.6 Å². The van der Waals surface area contributed by atoms with Crippen molar-refractivity contribution in [2.45, 2.75) is 58.8 Å². The van der Waals surface area contributed by atoms with E-state index in [-0.39, 0.29) is 29.1 Å². The first-order valence-corrected chi connectivity index (χ1v) is 17.0. The fraction of sp³-hybridized carbons (Fsp3) is 0.250. The number of rotatable bonds is 12. The van der Waals surface area contributed by atoms with Crippen molar-refractivity contribution in [1.29, 1.82) is 0 Å². The fourth-order valence-corrected chi connectivity index (χ4v) is 5.70. The van der Waals surface area contributed by atoms with Crippen LogP contribution in [-0.4, -0.2) is 25.0 Å². The summed E-state index contributed by atoms with van der Waals surface area (Å²) in [5.41, 5.74) is 4.61. The van der Waals surface area contributed by atoms with Crippen molar-refractivity contribution < 1.29 is 33.3 Å². The van der Waals surface area contributed by atoms with Crippen LogP contribution in [0, 0.1) is 5.92 Å². The predicted molar refractivity (Wildman–Crippen MR) is 198 cm³/mol. The Hall–Kier alpha value is -5.69. The second-order valence-corrected chi connectivity index (χ2v) is 13.9. The molecule has 0 radical (unpaired) electrons. The minimum Gasteiger partial charge on any atom is -0.497 e. The molecule has 0 saturated heterocycles. The van der Waals surface area contributed by atoms with Crippen LogP contribution < -0.4 is 18.9 Å². The maximum Gasteiger partial charge on any atom is 0.343 e. The van der Waals surface area contributed by atoms with Crippen LogP contribution in [0.2, 0.25) is 0 Å². The molecule has 0 bridgehead atoms. The molecule has 0 N–H and O–H groups in total. The largest absolute Gasteiger partial charge is 0.497 e. The summed E-state index contributed by atoms with van der Waals surface area (Å²) in [4.78, 5) is 37.8. The molecule has 262 valence electrons. The van der Waals surface area contributed by atoms with Gasteiger partial charge in [-0.15, -0.1) is 0 Å². The molecule has 5 rings (SSSR count). The van der Waals surface area contributed by atoms with Crippen LogP contribution in [0.1, 0.15) is 79.7 Å². The average Bonchev–Trinajstić information content (AvgIpc) is 3.12. The van der Waals surface area contributed by atoms with Crippen LogP contribution in [0.3, 0.4) is 0 Å². The molecular formula is C44H44O7. The van der Waals surface area contributed by atoms with E-state index >= 15 is 0 Å². The number of hydrogen-bond donors (Lipinski definition) is 0. The third-order valence-corrected chi connectivity index (χ3v) is 9.18. The van der Waals surface area contributed by atoms with Gasteiger partial charge in [0.15, 0.2) is 0 Å². The predicted octanol–water partition coefficient (Wildman–Crippen LogP) is 9.28. The Labute approximate surface area is 300 Å². The second-order valence-electron chi connectivity index (χ2n) is 13.9. The summed E-state index contributed by atoms with van der Waals surface area (Å²) < 4.78 is 22.0. The highest BCUT2D eigenvalue weighted by Gasteiger charge is 2.25. The molecule has 7 nitrogen and oxygen atoms in total. The summed E-state index contributed by atoms with van der Waals surface area (Å²) in [5.74, 6) is 0.711. The summed E-state index contributed by atoms with van der Waals surface area (Å²) in [5, 5.41) is 0. The Balaban J connectivity index is 1.17. The van der Waals surface area contributed by atoms with Gasteiger partial charge < -0.3 is 18.9 Å². The number of ether oxygens (including phenoxy) is 4. The van der Waals surface area contributed by atoms with Crippen LogP contribution in [0.15, 0.2) is 121 Å². The van der Waals surface area contributed by atoms with Crippen LogP contribution in [0.25, 0.3) is 0 Å². The lowest BCUT2D eigenvalue weighted by Crippen LogP contribution is -2.19. The lowest BCUT2D eigenvalue weighted by Gasteiger charge is -2.26. The van der Waals surface area contributed by atoms with Crippen LogP contribution >= 0.6 is 0 Å². The van der Waals surface area contributed by atoms with Gasteiger partial charge in [0.2, 0.25) is 0 Å². The molecule has 0 spiro atoms. The molecule has 0 atom stereocenters. The van der Waals surface area contributed by atoms with Crippen molar-refractivity contribution in [2.75, 3.05) is 7.11 Å². The highest BCUT2D eigenvalue weighted by atomic mass is 16.5. The maximum absolute atomic E-state index is 13.1. The first-order chi connectivity index (χ1) is 24.3. The average molecular weight is 685 g/mol. The van der Waals surface area contributed by atoms with Gasteiger partial charge in [-0.2, -0.15) is 0 Å².